The highest BCUT2D eigenvalue weighted by Gasteiger charge is 1.92. The predicted octanol–water partition coefficient (Wildman–Crippen LogP) is 2.69. The Labute approximate surface area is 70.2 Å². The number of alkyl halides is 1. The van der Waals surface area contributed by atoms with E-state index in [0.717, 1.165) is 11.1 Å². The van der Waals surface area contributed by atoms with Gasteiger partial charge < -0.3 is 0 Å². The molecule has 0 aromatic heterocycles. The molecule has 0 saturated heterocycles. The first-order valence-electron chi connectivity index (χ1n) is 3.29. The van der Waals surface area contributed by atoms with Gasteiger partial charge in [-0.3, -0.25) is 0 Å². The SMILES string of the molecule is O=NCc1ccc(CCl)cc1. The van der Waals surface area contributed by atoms with Crippen molar-refractivity contribution in [1.29, 1.82) is 0 Å². The van der Waals surface area contributed by atoms with E-state index in [1.807, 2.05) is 24.3 Å². The molecule has 3 heteroatoms. The second-order valence-corrected chi connectivity index (χ2v) is 2.50. The van der Waals surface area contributed by atoms with Crippen LogP contribution in [-0.2, 0) is 12.4 Å². The van der Waals surface area contributed by atoms with Crippen molar-refractivity contribution in [3.63, 3.8) is 0 Å². The Hall–Kier alpha value is -0.890. The average molecular weight is 170 g/mol. The van der Waals surface area contributed by atoms with E-state index in [1.165, 1.54) is 0 Å². The van der Waals surface area contributed by atoms with Gasteiger partial charge in [0, 0.05) is 5.88 Å². The van der Waals surface area contributed by atoms with Gasteiger partial charge >= 0.3 is 0 Å². The summed E-state index contributed by atoms with van der Waals surface area (Å²) in [4.78, 5) is 9.85. The summed E-state index contributed by atoms with van der Waals surface area (Å²) in [6.45, 7) is 0.239. The van der Waals surface area contributed by atoms with Crippen molar-refractivity contribution in [3.05, 3.63) is 40.3 Å². The zero-order chi connectivity index (χ0) is 8.10. The minimum absolute atomic E-state index is 0.239. The molecule has 0 bridgehead atoms. The minimum Gasteiger partial charge on any atom is -0.150 e. The van der Waals surface area contributed by atoms with E-state index in [4.69, 9.17) is 11.6 Å². The Balaban J connectivity index is 2.74. The fourth-order valence-electron chi connectivity index (χ4n) is 0.808. The van der Waals surface area contributed by atoms with Crippen LogP contribution in [0.4, 0.5) is 0 Å². The summed E-state index contributed by atoms with van der Waals surface area (Å²) in [5.41, 5.74) is 1.98. The molecular formula is C8H8ClNO. The quantitative estimate of drug-likeness (QED) is 0.505. The lowest BCUT2D eigenvalue weighted by atomic mass is 10.1. The van der Waals surface area contributed by atoms with Crippen molar-refractivity contribution in [2.45, 2.75) is 12.4 Å². The molecule has 1 aromatic carbocycles. The number of nitrogens with zero attached hydrogens (tertiary/aromatic N) is 1. The summed E-state index contributed by atoms with van der Waals surface area (Å²) >= 11 is 5.57. The van der Waals surface area contributed by atoms with Gasteiger partial charge in [-0.2, -0.15) is 4.91 Å². The fourth-order valence-corrected chi connectivity index (χ4v) is 0.986. The van der Waals surface area contributed by atoms with E-state index < -0.39 is 0 Å². The van der Waals surface area contributed by atoms with Crippen LogP contribution in [-0.4, -0.2) is 0 Å². The van der Waals surface area contributed by atoms with Crippen molar-refractivity contribution in [1.82, 2.24) is 0 Å². The van der Waals surface area contributed by atoms with E-state index in [1.54, 1.807) is 0 Å². The number of halogens is 1. The Kier molecular flexibility index (Phi) is 3.05. The highest BCUT2D eigenvalue weighted by Crippen LogP contribution is 2.07. The molecule has 0 amide bonds. The molecule has 0 saturated carbocycles. The second-order valence-electron chi connectivity index (χ2n) is 2.24. The van der Waals surface area contributed by atoms with Gasteiger partial charge in [0.05, 0.1) is 0 Å². The van der Waals surface area contributed by atoms with Gasteiger partial charge in [0.1, 0.15) is 6.54 Å². The van der Waals surface area contributed by atoms with E-state index in [2.05, 4.69) is 5.18 Å². The highest BCUT2D eigenvalue weighted by molar-refractivity contribution is 6.17. The van der Waals surface area contributed by atoms with E-state index in [0.29, 0.717) is 5.88 Å². The molecule has 0 fully saturated rings. The molecule has 0 N–H and O–H groups in total. The summed E-state index contributed by atoms with van der Waals surface area (Å²) in [5.74, 6) is 0.509. The van der Waals surface area contributed by atoms with Crippen molar-refractivity contribution < 1.29 is 0 Å². The zero-order valence-electron chi connectivity index (χ0n) is 5.96. The van der Waals surface area contributed by atoms with E-state index in [-0.39, 0.29) is 6.54 Å². The standard InChI is InChI=1S/C8H8ClNO/c9-5-7-1-3-8(4-2-7)6-10-11/h1-4H,5-6H2. The minimum atomic E-state index is 0.239. The maximum Gasteiger partial charge on any atom is 0.106 e. The summed E-state index contributed by atoms with van der Waals surface area (Å²) in [6, 6.07) is 7.51. The van der Waals surface area contributed by atoms with Crippen molar-refractivity contribution in [3.8, 4) is 0 Å². The molecule has 2 nitrogen and oxygen atoms in total. The second kappa shape index (κ2) is 4.09. The largest absolute Gasteiger partial charge is 0.150 e. The molecule has 11 heavy (non-hydrogen) atoms. The zero-order valence-corrected chi connectivity index (χ0v) is 6.71. The topological polar surface area (TPSA) is 29.4 Å². The first-order chi connectivity index (χ1) is 5.36. The lowest BCUT2D eigenvalue weighted by Gasteiger charge is -1.95. The van der Waals surface area contributed by atoms with Crippen LogP contribution in [0.2, 0.25) is 0 Å². The molecule has 1 rings (SSSR count). The van der Waals surface area contributed by atoms with E-state index >= 15 is 0 Å². The predicted molar refractivity (Wildman–Crippen MR) is 45.5 cm³/mol. The Bertz CT molecular complexity index is 232. The van der Waals surface area contributed by atoms with Gasteiger partial charge in [-0.25, -0.2) is 0 Å². The molecule has 0 atom stereocenters. The molecule has 0 heterocycles. The van der Waals surface area contributed by atoms with Crippen LogP contribution in [0.1, 0.15) is 11.1 Å². The van der Waals surface area contributed by atoms with Gasteiger partial charge in [0.2, 0.25) is 0 Å². The molecular weight excluding hydrogens is 162 g/mol. The molecule has 0 aliphatic carbocycles. The van der Waals surface area contributed by atoms with Crippen LogP contribution >= 0.6 is 11.6 Å². The van der Waals surface area contributed by atoms with Crippen LogP contribution < -0.4 is 0 Å². The smallest absolute Gasteiger partial charge is 0.106 e. The molecule has 0 radical (unpaired) electrons. The van der Waals surface area contributed by atoms with E-state index in [9.17, 15) is 4.91 Å². The number of hydrogen-bond acceptors (Lipinski definition) is 2. The lowest BCUT2D eigenvalue weighted by molar-refractivity contribution is 1.05. The molecule has 0 aliphatic rings. The van der Waals surface area contributed by atoms with Crippen molar-refractivity contribution >= 4 is 11.6 Å². The van der Waals surface area contributed by atoms with Crippen LogP contribution in [0, 0.1) is 4.91 Å². The summed E-state index contributed by atoms with van der Waals surface area (Å²) in [5, 5.41) is 2.78. The van der Waals surface area contributed by atoms with Crippen LogP contribution in [0.25, 0.3) is 0 Å². The first kappa shape index (κ1) is 8.21. The van der Waals surface area contributed by atoms with Crippen molar-refractivity contribution in [2.75, 3.05) is 0 Å². The van der Waals surface area contributed by atoms with Gasteiger partial charge in [-0.1, -0.05) is 29.4 Å². The normalized spacial score (nSPS) is 9.55. The molecule has 1 aromatic rings. The Morgan fingerprint density at radius 3 is 2.18 bits per heavy atom. The molecule has 0 aliphatic heterocycles. The van der Waals surface area contributed by atoms with Gasteiger partial charge in [0.25, 0.3) is 0 Å². The number of hydrogen-bond donors (Lipinski definition) is 0. The Morgan fingerprint density at radius 1 is 1.18 bits per heavy atom. The van der Waals surface area contributed by atoms with Crippen LogP contribution in [0.3, 0.4) is 0 Å². The van der Waals surface area contributed by atoms with Gasteiger partial charge in [-0.15, -0.1) is 11.6 Å². The maximum absolute atomic E-state index is 9.85. The summed E-state index contributed by atoms with van der Waals surface area (Å²) in [7, 11) is 0. The monoisotopic (exact) mass is 169 g/mol. The fraction of sp³-hybridized carbons (Fsp3) is 0.250. The number of benzene rings is 1. The number of rotatable bonds is 3. The third-order valence-electron chi connectivity index (χ3n) is 1.42. The lowest BCUT2D eigenvalue weighted by Crippen LogP contribution is -1.81. The average Bonchev–Trinajstić information content (AvgIpc) is 2.07. The molecule has 0 spiro atoms. The van der Waals surface area contributed by atoms with Gasteiger partial charge in [0.15, 0.2) is 0 Å². The molecule has 58 valence electrons. The third-order valence-corrected chi connectivity index (χ3v) is 1.73. The van der Waals surface area contributed by atoms with Gasteiger partial charge in [-0.05, 0) is 11.1 Å². The third kappa shape index (κ3) is 2.31. The summed E-state index contributed by atoms with van der Waals surface area (Å²) in [6.07, 6.45) is 0. The number of nitroso groups, excluding NO2 is 1. The van der Waals surface area contributed by atoms with Crippen molar-refractivity contribution in [2.24, 2.45) is 5.18 Å². The highest BCUT2D eigenvalue weighted by atomic mass is 35.5. The Morgan fingerprint density at radius 2 is 1.73 bits per heavy atom. The molecule has 0 unspecified atom stereocenters. The van der Waals surface area contributed by atoms with Crippen LogP contribution in [0.15, 0.2) is 29.4 Å². The maximum atomic E-state index is 9.85. The summed E-state index contributed by atoms with van der Waals surface area (Å²) < 4.78 is 0. The van der Waals surface area contributed by atoms with Crippen LogP contribution in [0.5, 0.6) is 0 Å². The first-order valence-corrected chi connectivity index (χ1v) is 3.83.